The number of aliphatic imine (C=N–C) groups is 1. The summed E-state index contributed by atoms with van der Waals surface area (Å²) in [5, 5.41) is 12.0. The first-order chi connectivity index (χ1) is 14.0. The van der Waals surface area contributed by atoms with Crippen LogP contribution in [0.3, 0.4) is 0 Å². The number of hydrogen-bond donors (Lipinski definition) is 1. The molecule has 2 aromatic rings. The fourth-order valence-corrected chi connectivity index (χ4v) is 4.66. The van der Waals surface area contributed by atoms with Crippen molar-refractivity contribution < 1.29 is 9.47 Å². The Labute approximate surface area is 171 Å². The van der Waals surface area contributed by atoms with Crippen molar-refractivity contribution in [2.24, 2.45) is 4.99 Å². The predicted molar refractivity (Wildman–Crippen MR) is 110 cm³/mol. The van der Waals surface area contributed by atoms with E-state index in [1.165, 1.54) is 23.0 Å². The van der Waals surface area contributed by atoms with Crippen molar-refractivity contribution in [3.05, 3.63) is 31.3 Å². The van der Waals surface area contributed by atoms with Gasteiger partial charge in [-0.1, -0.05) is 0 Å². The average molecular weight is 420 g/mol. The molecular weight excluding hydrogens is 396 g/mol. The lowest BCUT2D eigenvalue weighted by Crippen LogP contribution is -2.41. The Balaban J connectivity index is 2.10. The molecule has 0 saturated carbocycles. The highest BCUT2D eigenvalue weighted by molar-refractivity contribution is 7.18. The van der Waals surface area contributed by atoms with Crippen molar-refractivity contribution in [1.82, 2.24) is 19.4 Å². The van der Waals surface area contributed by atoms with E-state index >= 15 is 0 Å². The minimum Gasteiger partial charge on any atom is -0.383 e. The Morgan fingerprint density at radius 3 is 2.55 bits per heavy atom. The fraction of sp³-hybridized carbons (Fsp3) is 0.556. The number of guanidine groups is 1. The monoisotopic (exact) mass is 420 g/mol. The zero-order valence-corrected chi connectivity index (χ0v) is 17.5. The molecule has 1 N–H and O–H groups in total. The number of nitrogens with one attached hydrogen (secondary N) is 1. The number of aryl methyl sites for hydroxylation is 1. The Hall–Kier alpha value is -2.68. The van der Waals surface area contributed by atoms with E-state index in [1.54, 1.807) is 11.7 Å². The van der Waals surface area contributed by atoms with Gasteiger partial charge < -0.3 is 14.4 Å². The first-order valence-electron chi connectivity index (χ1n) is 9.21. The van der Waals surface area contributed by atoms with E-state index in [0.29, 0.717) is 49.0 Å². The van der Waals surface area contributed by atoms with Crippen molar-refractivity contribution in [2.45, 2.75) is 26.6 Å². The molecule has 1 aliphatic rings. The van der Waals surface area contributed by atoms with Crippen molar-refractivity contribution in [2.75, 3.05) is 40.5 Å². The fourth-order valence-electron chi connectivity index (χ4n) is 3.33. The summed E-state index contributed by atoms with van der Waals surface area (Å²) in [7, 11) is 3.11. The Bertz CT molecular complexity index is 1080. The van der Waals surface area contributed by atoms with E-state index in [-0.39, 0.29) is 24.4 Å². The van der Waals surface area contributed by atoms with E-state index < -0.39 is 0 Å². The minimum absolute atomic E-state index is 0.191. The molecule has 29 heavy (non-hydrogen) atoms. The molecule has 0 amide bonds. The molecule has 3 rings (SSSR count). The summed E-state index contributed by atoms with van der Waals surface area (Å²) < 4.78 is 13.0. The largest absolute Gasteiger partial charge is 0.383 e. The van der Waals surface area contributed by atoms with Gasteiger partial charge in [-0.3, -0.25) is 24.2 Å². The van der Waals surface area contributed by atoms with Gasteiger partial charge in [-0.2, -0.15) is 5.26 Å². The van der Waals surface area contributed by atoms with Crippen LogP contribution in [0, 0.1) is 18.4 Å². The van der Waals surface area contributed by atoms with Crippen molar-refractivity contribution in [1.29, 1.82) is 5.26 Å². The first-order valence-corrected chi connectivity index (χ1v) is 10.0. The molecule has 0 spiro atoms. The zero-order chi connectivity index (χ0) is 21.0. The lowest BCUT2D eigenvalue weighted by molar-refractivity contribution is 0.179. The second-order valence-electron chi connectivity index (χ2n) is 6.57. The van der Waals surface area contributed by atoms with Crippen molar-refractivity contribution >= 4 is 27.5 Å². The SMILES string of the molecule is COCCn1c(=O)c2c(C)c(CN3CCN=C3NC#N)sc2n(CCOC)c1=O. The lowest BCUT2D eigenvalue weighted by Gasteiger charge is -2.18. The van der Waals surface area contributed by atoms with Gasteiger partial charge in [0.2, 0.25) is 5.96 Å². The number of nitriles is 1. The number of methoxy groups -OCH3 is 2. The number of nitrogens with zero attached hydrogens (tertiary/aromatic N) is 5. The molecule has 0 aliphatic carbocycles. The van der Waals surface area contributed by atoms with Crippen LogP contribution in [0.1, 0.15) is 10.4 Å². The standard InChI is InChI=1S/C18H24N6O4S/c1-12-13(10-22-5-4-20-17(22)21-11-19)29-16-14(12)15(25)23(6-8-27-2)18(26)24(16)7-9-28-3/h4-10H2,1-3H3,(H,20,21). The van der Waals surface area contributed by atoms with Gasteiger partial charge in [0.05, 0.1) is 44.8 Å². The first kappa shape index (κ1) is 21.0. The molecule has 0 bridgehead atoms. The summed E-state index contributed by atoms with van der Waals surface area (Å²) in [4.78, 5) is 33.9. The molecule has 10 nitrogen and oxygen atoms in total. The number of aromatic nitrogens is 2. The second kappa shape index (κ2) is 9.21. The maximum absolute atomic E-state index is 13.1. The average Bonchev–Trinajstić information content (AvgIpc) is 3.27. The third-order valence-corrected chi connectivity index (χ3v) is 6.16. The summed E-state index contributed by atoms with van der Waals surface area (Å²) in [5.41, 5.74) is 0.177. The molecule has 3 heterocycles. The van der Waals surface area contributed by atoms with Gasteiger partial charge in [0.15, 0.2) is 6.19 Å². The van der Waals surface area contributed by atoms with Crippen LogP contribution < -0.4 is 16.6 Å². The Morgan fingerprint density at radius 1 is 1.21 bits per heavy atom. The number of rotatable bonds is 8. The van der Waals surface area contributed by atoms with Crippen LogP contribution in [-0.2, 0) is 29.1 Å². The topological polar surface area (TPSA) is 114 Å². The van der Waals surface area contributed by atoms with E-state index in [4.69, 9.17) is 14.7 Å². The van der Waals surface area contributed by atoms with Gasteiger partial charge >= 0.3 is 5.69 Å². The second-order valence-corrected chi connectivity index (χ2v) is 7.65. The Morgan fingerprint density at radius 2 is 1.90 bits per heavy atom. The molecule has 0 atom stereocenters. The Kier molecular flexibility index (Phi) is 6.68. The van der Waals surface area contributed by atoms with Crippen LogP contribution in [-0.4, -0.2) is 60.5 Å². The molecule has 0 aromatic carbocycles. The quantitative estimate of drug-likeness (QED) is 0.475. The number of fused-ring (bicyclic) bond motifs is 1. The highest BCUT2D eigenvalue weighted by atomic mass is 32.1. The van der Waals surface area contributed by atoms with Crippen molar-refractivity contribution in [3.8, 4) is 6.19 Å². The third-order valence-electron chi connectivity index (χ3n) is 4.86. The highest BCUT2D eigenvalue weighted by Gasteiger charge is 2.23. The molecule has 156 valence electrons. The number of ether oxygens (including phenoxy) is 2. The van der Waals surface area contributed by atoms with Crippen LogP contribution in [0.2, 0.25) is 0 Å². The van der Waals surface area contributed by atoms with Crippen LogP contribution in [0.25, 0.3) is 10.2 Å². The summed E-state index contributed by atoms with van der Waals surface area (Å²) in [6, 6.07) is 0. The van der Waals surface area contributed by atoms with Crippen LogP contribution >= 0.6 is 11.3 Å². The van der Waals surface area contributed by atoms with Gasteiger partial charge in [-0.05, 0) is 12.5 Å². The summed E-state index contributed by atoms with van der Waals surface area (Å²) >= 11 is 1.42. The van der Waals surface area contributed by atoms with E-state index in [0.717, 1.165) is 10.4 Å². The van der Waals surface area contributed by atoms with Crippen LogP contribution in [0.5, 0.6) is 0 Å². The maximum Gasteiger partial charge on any atom is 0.332 e. The van der Waals surface area contributed by atoms with Gasteiger partial charge in [0.25, 0.3) is 5.56 Å². The van der Waals surface area contributed by atoms with Crippen molar-refractivity contribution in [3.63, 3.8) is 0 Å². The van der Waals surface area contributed by atoms with Gasteiger partial charge in [0.1, 0.15) is 4.83 Å². The molecular formula is C18H24N6O4S. The molecule has 0 fully saturated rings. The number of thiophene rings is 1. The van der Waals surface area contributed by atoms with E-state index in [9.17, 15) is 9.59 Å². The highest BCUT2D eigenvalue weighted by Crippen LogP contribution is 2.29. The number of hydrogen-bond acceptors (Lipinski definition) is 9. The third kappa shape index (κ3) is 4.05. The zero-order valence-electron chi connectivity index (χ0n) is 16.7. The lowest BCUT2D eigenvalue weighted by atomic mass is 10.2. The summed E-state index contributed by atoms with van der Waals surface area (Å²) in [6.45, 7) is 4.87. The van der Waals surface area contributed by atoms with Gasteiger partial charge in [-0.15, -0.1) is 11.3 Å². The van der Waals surface area contributed by atoms with E-state index in [2.05, 4.69) is 10.3 Å². The van der Waals surface area contributed by atoms with Crippen LogP contribution in [0.15, 0.2) is 14.6 Å². The van der Waals surface area contributed by atoms with Gasteiger partial charge in [0, 0.05) is 25.6 Å². The molecule has 1 aliphatic heterocycles. The molecule has 2 aromatic heterocycles. The predicted octanol–water partition coefficient (Wildman–Crippen LogP) is 0.0682. The molecule has 11 heteroatoms. The summed E-state index contributed by atoms with van der Waals surface area (Å²) in [6.07, 6.45) is 1.90. The molecule has 0 saturated heterocycles. The maximum atomic E-state index is 13.1. The summed E-state index contributed by atoms with van der Waals surface area (Å²) in [5.74, 6) is 0.527. The van der Waals surface area contributed by atoms with Crippen LogP contribution in [0.4, 0.5) is 0 Å². The smallest absolute Gasteiger partial charge is 0.332 e. The van der Waals surface area contributed by atoms with Gasteiger partial charge in [-0.25, -0.2) is 4.79 Å². The minimum atomic E-state index is -0.362. The molecule has 0 radical (unpaired) electrons. The molecule has 0 unspecified atom stereocenters. The van der Waals surface area contributed by atoms with E-state index in [1.807, 2.05) is 18.0 Å². The normalized spacial score (nSPS) is 13.7.